The van der Waals surface area contributed by atoms with Crippen molar-refractivity contribution in [2.45, 2.75) is 70.4 Å². The molecule has 1 aliphatic carbocycles. The molecule has 0 bridgehead atoms. The van der Waals surface area contributed by atoms with Crippen LogP contribution in [0, 0.1) is 17.8 Å². The Bertz CT molecular complexity index is 2130. The van der Waals surface area contributed by atoms with Gasteiger partial charge in [-0.3, -0.25) is 9.89 Å². The molecule has 2 N–H and O–H groups in total. The Labute approximate surface area is 324 Å². The molecule has 2 aromatic heterocycles. The summed E-state index contributed by atoms with van der Waals surface area (Å²) in [6.45, 7) is 11.4. The van der Waals surface area contributed by atoms with Gasteiger partial charge in [0.2, 0.25) is 11.9 Å². The van der Waals surface area contributed by atoms with Gasteiger partial charge in [0.15, 0.2) is 12.4 Å². The number of anilines is 2. The molecule has 2 aromatic carbocycles. The Morgan fingerprint density at radius 2 is 1.64 bits per heavy atom. The number of hydrogen-bond acceptors (Lipinski definition) is 9. The molecule has 4 aromatic rings. The van der Waals surface area contributed by atoms with Crippen LogP contribution in [-0.2, 0) is 4.79 Å². The van der Waals surface area contributed by atoms with E-state index in [-0.39, 0.29) is 35.0 Å². The number of ether oxygens (including phenoxy) is 1. The molecule has 14 heteroatoms. The van der Waals surface area contributed by atoms with Crippen LogP contribution in [0.4, 0.5) is 24.9 Å². The van der Waals surface area contributed by atoms with Crippen molar-refractivity contribution in [1.82, 2.24) is 30.0 Å². The number of amides is 1. The summed E-state index contributed by atoms with van der Waals surface area (Å²) in [6, 6.07) is 6.07. The number of carbonyl (C=O) groups excluding carboxylic acids is 1. The summed E-state index contributed by atoms with van der Waals surface area (Å²) in [5, 5.41) is 18.4. The molecule has 5 fully saturated rings. The normalized spacial score (nSPS) is 21.3. The number of alkyl halides is 3. The van der Waals surface area contributed by atoms with Crippen molar-refractivity contribution in [1.29, 1.82) is 0 Å². The quantitative estimate of drug-likeness (QED) is 0.182. The van der Waals surface area contributed by atoms with E-state index >= 15 is 0 Å². The van der Waals surface area contributed by atoms with Gasteiger partial charge in [0.05, 0.1) is 18.3 Å². The van der Waals surface area contributed by atoms with Gasteiger partial charge in [-0.15, -0.1) is 0 Å². The third-order valence-electron chi connectivity index (χ3n) is 13.5. The molecule has 0 unspecified atom stereocenters. The molecule has 6 heterocycles. The predicted octanol–water partition coefficient (Wildman–Crippen LogP) is 6.59. The fraction of sp³-hybridized carbons (Fsp3) is 0.571. The number of aliphatic hydroxyl groups excluding tert-OH is 1. The van der Waals surface area contributed by atoms with Crippen LogP contribution in [0.1, 0.15) is 68.4 Å². The monoisotopic (exact) mass is 772 g/mol. The van der Waals surface area contributed by atoms with Crippen LogP contribution in [0.15, 0.2) is 37.1 Å². The Morgan fingerprint density at radius 1 is 0.964 bits per heavy atom. The summed E-state index contributed by atoms with van der Waals surface area (Å²) in [5.74, 6) is 1.54. The van der Waals surface area contributed by atoms with E-state index in [4.69, 9.17) is 14.7 Å². The van der Waals surface area contributed by atoms with Gasteiger partial charge in [-0.1, -0.05) is 12.6 Å². The minimum Gasteiger partial charge on any atom is -0.481 e. The molecule has 298 valence electrons. The highest BCUT2D eigenvalue weighted by Gasteiger charge is 2.47. The number of aryl methyl sites for hydroxylation is 1. The lowest BCUT2D eigenvalue weighted by atomic mass is 9.71. The largest absolute Gasteiger partial charge is 0.481 e. The third-order valence-corrected chi connectivity index (χ3v) is 13.5. The number of hydrogen-bond donors (Lipinski definition) is 2. The second kappa shape index (κ2) is 14.2. The molecule has 2 spiro atoms. The fourth-order valence-electron chi connectivity index (χ4n) is 9.97. The number of H-pyrrole nitrogens is 1. The summed E-state index contributed by atoms with van der Waals surface area (Å²) in [4.78, 5) is 31.5. The molecular weight excluding hydrogens is 722 g/mol. The number of fused-ring (bicyclic) bond motifs is 2. The maximum atomic E-state index is 14.2. The number of aromatic nitrogens is 4. The number of carbonyl (C=O) groups is 1. The summed E-state index contributed by atoms with van der Waals surface area (Å²) < 4.78 is 48.6. The van der Waals surface area contributed by atoms with Gasteiger partial charge in [-0.25, -0.2) is 4.98 Å². The standard InChI is InChI=1S/C42H51F3N8O3/c1-3-33(55)53-24-41(25-53)12-16-51(17-13-41)38-30-22-29(28-5-6-28)35(34-27(2)4-7-32-31(34)23-46-49-32)37(56-26-42(43,44)45)36(30)47-39(48-38)52-18-10-40(11-19-52)8-14-50(15-9-40)20-21-54/h3-4,7,22-23,28,54H,1,5-6,8-21,24-26H2,2H3,(H,46,49). The van der Waals surface area contributed by atoms with Crippen LogP contribution in [0.5, 0.6) is 5.75 Å². The predicted molar refractivity (Wildman–Crippen MR) is 210 cm³/mol. The Morgan fingerprint density at radius 3 is 2.30 bits per heavy atom. The number of nitrogens with one attached hydrogen (secondary N) is 1. The van der Waals surface area contributed by atoms with Crippen LogP contribution in [0.2, 0.25) is 0 Å². The summed E-state index contributed by atoms with van der Waals surface area (Å²) in [6.07, 6.45) is 6.30. The number of halogens is 3. The molecule has 1 saturated carbocycles. The van der Waals surface area contributed by atoms with Crippen LogP contribution < -0.4 is 14.5 Å². The number of likely N-dealkylation sites (tertiary alicyclic amines) is 2. The van der Waals surface area contributed by atoms with E-state index in [0.29, 0.717) is 55.1 Å². The van der Waals surface area contributed by atoms with Crippen molar-refractivity contribution >= 4 is 39.5 Å². The zero-order valence-electron chi connectivity index (χ0n) is 32.1. The third kappa shape index (κ3) is 6.86. The highest BCUT2D eigenvalue weighted by molar-refractivity contribution is 6.06. The number of β-amino-alcohol motifs (C(OH)–C–C–N with tert-alkyl or cyclic N) is 1. The van der Waals surface area contributed by atoms with Crippen LogP contribution in [0.3, 0.4) is 0 Å². The molecule has 5 aliphatic rings. The first kappa shape index (κ1) is 37.2. The van der Waals surface area contributed by atoms with Crippen molar-refractivity contribution in [2.75, 3.05) is 81.9 Å². The molecule has 4 aliphatic heterocycles. The van der Waals surface area contributed by atoms with Gasteiger partial charge >= 0.3 is 6.18 Å². The Kier molecular flexibility index (Phi) is 9.42. The highest BCUT2D eigenvalue weighted by Crippen LogP contribution is 2.54. The van der Waals surface area contributed by atoms with E-state index in [1.807, 2.05) is 24.0 Å². The maximum absolute atomic E-state index is 14.2. The van der Waals surface area contributed by atoms with E-state index in [9.17, 15) is 23.1 Å². The van der Waals surface area contributed by atoms with Crippen molar-refractivity contribution in [3.8, 4) is 16.9 Å². The first-order valence-corrected chi connectivity index (χ1v) is 20.2. The molecule has 0 atom stereocenters. The van der Waals surface area contributed by atoms with Crippen molar-refractivity contribution < 1.29 is 27.8 Å². The van der Waals surface area contributed by atoms with Crippen molar-refractivity contribution in [3.05, 3.63) is 48.2 Å². The minimum absolute atomic E-state index is 0.0420. The Hall–Kier alpha value is -4.43. The van der Waals surface area contributed by atoms with Crippen LogP contribution in [-0.4, -0.2) is 119 Å². The average Bonchev–Trinajstić information content (AvgIpc) is 3.92. The van der Waals surface area contributed by atoms with Gasteiger partial charge in [0.25, 0.3) is 0 Å². The van der Waals surface area contributed by atoms with Gasteiger partial charge < -0.3 is 29.4 Å². The van der Waals surface area contributed by atoms with Gasteiger partial charge in [-0.05, 0) is 118 Å². The summed E-state index contributed by atoms with van der Waals surface area (Å²) in [5.41, 5.74) is 4.83. The first-order valence-electron chi connectivity index (χ1n) is 20.2. The number of aromatic amines is 1. The number of nitrogens with zero attached hydrogens (tertiary/aromatic N) is 7. The summed E-state index contributed by atoms with van der Waals surface area (Å²) >= 11 is 0. The zero-order chi connectivity index (χ0) is 38.8. The second-order valence-electron chi connectivity index (χ2n) is 17.1. The fourth-order valence-corrected chi connectivity index (χ4v) is 9.97. The van der Waals surface area contributed by atoms with E-state index in [0.717, 1.165) is 111 Å². The van der Waals surface area contributed by atoms with Gasteiger partial charge in [0.1, 0.15) is 11.3 Å². The van der Waals surface area contributed by atoms with E-state index < -0.39 is 12.8 Å². The van der Waals surface area contributed by atoms with Crippen molar-refractivity contribution in [3.63, 3.8) is 0 Å². The lowest BCUT2D eigenvalue weighted by Gasteiger charge is -2.54. The zero-order valence-corrected chi connectivity index (χ0v) is 32.1. The van der Waals surface area contributed by atoms with Gasteiger partial charge in [0, 0.05) is 67.6 Å². The number of rotatable bonds is 9. The first-order chi connectivity index (χ1) is 27.0. The molecule has 1 amide bonds. The van der Waals surface area contributed by atoms with Crippen LogP contribution in [0.25, 0.3) is 32.9 Å². The number of benzene rings is 2. The second-order valence-corrected chi connectivity index (χ2v) is 17.1. The molecule has 11 nitrogen and oxygen atoms in total. The lowest BCUT2D eigenvalue weighted by molar-refractivity contribution is -0.153. The topological polar surface area (TPSA) is 114 Å². The maximum Gasteiger partial charge on any atom is 0.422 e. The molecule has 56 heavy (non-hydrogen) atoms. The molecular formula is C42H51F3N8O3. The molecule has 9 rings (SSSR count). The van der Waals surface area contributed by atoms with Gasteiger partial charge in [-0.2, -0.15) is 23.3 Å². The molecule has 0 radical (unpaired) electrons. The molecule has 4 saturated heterocycles. The summed E-state index contributed by atoms with van der Waals surface area (Å²) in [7, 11) is 0. The Balaban J connectivity index is 1.16. The average molecular weight is 773 g/mol. The van der Waals surface area contributed by atoms with E-state index in [1.165, 1.54) is 6.08 Å². The number of piperidine rings is 3. The van der Waals surface area contributed by atoms with E-state index in [2.05, 4.69) is 37.5 Å². The SMILES string of the molecule is C=CC(=O)N1CC2(CCN(c3nc(N4CCC5(CCN(CCO)CC5)CC4)nc4c(OCC(F)(F)F)c(-c5c(C)ccc6[nH]ncc56)c(C5CC5)cc34)CC2)C1. The van der Waals surface area contributed by atoms with E-state index in [1.54, 1.807) is 6.20 Å². The minimum atomic E-state index is -4.56. The van der Waals surface area contributed by atoms with Crippen LogP contribution >= 0.6 is 0 Å². The van der Waals surface area contributed by atoms with Crippen molar-refractivity contribution in [2.24, 2.45) is 10.8 Å². The highest BCUT2D eigenvalue weighted by atomic mass is 19.4. The lowest BCUT2D eigenvalue weighted by Crippen LogP contribution is -2.61. The number of aliphatic hydroxyl groups is 1. The smallest absolute Gasteiger partial charge is 0.422 e.